The predicted octanol–water partition coefficient (Wildman–Crippen LogP) is 5.84. The maximum absolute atomic E-state index is 13.8. The maximum atomic E-state index is 13.8. The molecule has 0 bridgehead atoms. The van der Waals surface area contributed by atoms with E-state index in [-0.39, 0.29) is 11.9 Å². The number of fused-ring (bicyclic) bond motifs is 2. The number of nitrogens with zero attached hydrogens (tertiary/aromatic N) is 3. The summed E-state index contributed by atoms with van der Waals surface area (Å²) in [5, 5.41) is 1.65. The lowest BCUT2D eigenvalue weighted by atomic mass is 9.87. The summed E-state index contributed by atoms with van der Waals surface area (Å²) >= 11 is 6.10. The van der Waals surface area contributed by atoms with E-state index in [1.165, 1.54) is 11.6 Å². The van der Waals surface area contributed by atoms with Crippen LogP contribution in [-0.2, 0) is 0 Å². The van der Waals surface area contributed by atoms with Gasteiger partial charge in [-0.3, -0.25) is 9.88 Å². The van der Waals surface area contributed by atoms with Crippen molar-refractivity contribution in [2.75, 3.05) is 13.1 Å². The molecular formula is C23H22ClFN4. The number of hydrogen-bond acceptors (Lipinski definition) is 3. The van der Waals surface area contributed by atoms with Crippen molar-refractivity contribution < 1.29 is 4.39 Å². The zero-order valence-electron chi connectivity index (χ0n) is 16.2. The Balaban J connectivity index is 1.34. The van der Waals surface area contributed by atoms with Crippen LogP contribution in [-0.4, -0.2) is 32.9 Å². The van der Waals surface area contributed by atoms with Gasteiger partial charge in [0.25, 0.3) is 0 Å². The van der Waals surface area contributed by atoms with E-state index in [2.05, 4.69) is 27.9 Å². The molecule has 5 rings (SSSR count). The summed E-state index contributed by atoms with van der Waals surface area (Å²) in [6.45, 7) is 4.14. The van der Waals surface area contributed by atoms with Crippen molar-refractivity contribution in [2.45, 2.75) is 31.7 Å². The van der Waals surface area contributed by atoms with Crippen molar-refractivity contribution >= 4 is 33.5 Å². The van der Waals surface area contributed by atoms with Gasteiger partial charge in [0, 0.05) is 16.6 Å². The second kappa shape index (κ2) is 7.39. The van der Waals surface area contributed by atoms with Gasteiger partial charge in [0.05, 0.1) is 22.6 Å². The van der Waals surface area contributed by atoms with E-state index in [4.69, 9.17) is 16.6 Å². The van der Waals surface area contributed by atoms with Crippen LogP contribution in [0.5, 0.6) is 0 Å². The molecule has 1 N–H and O–H groups in total. The van der Waals surface area contributed by atoms with E-state index in [1.54, 1.807) is 12.1 Å². The zero-order chi connectivity index (χ0) is 20.0. The molecular weight excluding hydrogens is 387 g/mol. The molecule has 0 amide bonds. The summed E-state index contributed by atoms with van der Waals surface area (Å²) in [5.41, 5.74) is 3.98. The molecule has 148 valence electrons. The van der Waals surface area contributed by atoms with E-state index >= 15 is 0 Å². The average molecular weight is 409 g/mol. The minimum absolute atomic E-state index is 0.203. The van der Waals surface area contributed by atoms with Crippen LogP contribution in [0.4, 0.5) is 4.39 Å². The van der Waals surface area contributed by atoms with E-state index in [9.17, 15) is 4.39 Å². The zero-order valence-corrected chi connectivity index (χ0v) is 17.0. The van der Waals surface area contributed by atoms with Crippen LogP contribution in [0.3, 0.4) is 0 Å². The molecule has 4 nitrogen and oxygen atoms in total. The van der Waals surface area contributed by atoms with Gasteiger partial charge in [-0.25, -0.2) is 9.37 Å². The number of rotatable bonds is 3. The van der Waals surface area contributed by atoms with Gasteiger partial charge in [0.1, 0.15) is 11.6 Å². The number of pyridine rings is 1. The molecule has 0 saturated carbocycles. The summed E-state index contributed by atoms with van der Waals surface area (Å²) in [7, 11) is 0. The summed E-state index contributed by atoms with van der Waals surface area (Å²) < 4.78 is 13.8. The first-order valence-electron chi connectivity index (χ1n) is 10.0. The van der Waals surface area contributed by atoms with Crippen LogP contribution in [0.1, 0.15) is 43.1 Å². The fourth-order valence-corrected chi connectivity index (χ4v) is 4.64. The van der Waals surface area contributed by atoms with Crippen LogP contribution < -0.4 is 0 Å². The number of imidazole rings is 1. The lowest BCUT2D eigenvalue weighted by molar-refractivity contribution is 0.158. The third kappa shape index (κ3) is 3.49. The van der Waals surface area contributed by atoms with Gasteiger partial charge >= 0.3 is 0 Å². The standard InChI is InChI=1S/C23H22ClFN4/c1-14(23-27-21-4-2-16(24)12-22(21)28-23)29-10-7-15(8-11-29)18-6-9-26-20-5-3-17(25)13-19(18)20/h2-6,9,12-15H,7-8,10-11H2,1H3,(H,27,28). The van der Waals surface area contributed by atoms with Crippen molar-refractivity contribution in [3.8, 4) is 0 Å². The molecule has 0 radical (unpaired) electrons. The second-order valence-electron chi connectivity index (χ2n) is 7.83. The van der Waals surface area contributed by atoms with E-state index in [0.29, 0.717) is 10.9 Å². The third-order valence-electron chi connectivity index (χ3n) is 6.11. The molecule has 2 aromatic carbocycles. The molecule has 3 heterocycles. The molecule has 1 atom stereocenters. The van der Waals surface area contributed by atoms with Crippen molar-refractivity contribution in [1.82, 2.24) is 19.9 Å². The lowest BCUT2D eigenvalue weighted by Crippen LogP contribution is -2.35. The summed E-state index contributed by atoms with van der Waals surface area (Å²) in [5.74, 6) is 1.18. The number of aromatic nitrogens is 3. The Labute approximate surface area is 173 Å². The third-order valence-corrected chi connectivity index (χ3v) is 6.35. The molecule has 29 heavy (non-hydrogen) atoms. The van der Waals surface area contributed by atoms with Gasteiger partial charge in [0.15, 0.2) is 0 Å². The molecule has 1 aliphatic heterocycles. The van der Waals surface area contributed by atoms with E-state index < -0.39 is 0 Å². The highest BCUT2D eigenvalue weighted by Crippen LogP contribution is 2.35. The van der Waals surface area contributed by atoms with Gasteiger partial charge < -0.3 is 4.98 Å². The number of nitrogens with one attached hydrogen (secondary N) is 1. The van der Waals surface area contributed by atoms with E-state index in [1.807, 2.05) is 24.4 Å². The molecule has 2 aromatic heterocycles. The smallest absolute Gasteiger partial charge is 0.124 e. The highest BCUT2D eigenvalue weighted by atomic mass is 35.5. The second-order valence-corrected chi connectivity index (χ2v) is 8.27. The minimum atomic E-state index is -0.206. The molecule has 1 unspecified atom stereocenters. The normalized spacial score (nSPS) is 17.2. The summed E-state index contributed by atoms with van der Waals surface area (Å²) in [6.07, 6.45) is 3.90. The number of aromatic amines is 1. The fraction of sp³-hybridized carbons (Fsp3) is 0.304. The lowest BCUT2D eigenvalue weighted by Gasteiger charge is -2.35. The van der Waals surface area contributed by atoms with Crippen LogP contribution in [0.25, 0.3) is 21.9 Å². The molecule has 0 aliphatic carbocycles. The Morgan fingerprint density at radius 2 is 1.90 bits per heavy atom. The van der Waals surface area contributed by atoms with Crippen molar-refractivity contribution in [3.63, 3.8) is 0 Å². The van der Waals surface area contributed by atoms with Crippen LogP contribution in [0.15, 0.2) is 48.7 Å². The van der Waals surface area contributed by atoms with E-state index in [0.717, 1.165) is 53.7 Å². The Kier molecular flexibility index (Phi) is 4.72. The first-order valence-corrected chi connectivity index (χ1v) is 10.4. The first-order chi connectivity index (χ1) is 14.1. The van der Waals surface area contributed by atoms with Crippen LogP contribution in [0.2, 0.25) is 5.02 Å². The SMILES string of the molecule is CC(c1nc2ccc(Cl)cc2[nH]1)N1CCC(c2ccnc3ccc(F)cc23)CC1. The number of hydrogen-bond donors (Lipinski definition) is 1. The Morgan fingerprint density at radius 1 is 1.10 bits per heavy atom. The molecule has 0 spiro atoms. The number of likely N-dealkylation sites (tertiary alicyclic amines) is 1. The number of halogens is 2. The molecule has 1 aliphatic rings. The predicted molar refractivity (Wildman–Crippen MR) is 115 cm³/mol. The van der Waals surface area contributed by atoms with Gasteiger partial charge in [-0.2, -0.15) is 0 Å². The minimum Gasteiger partial charge on any atom is -0.341 e. The summed E-state index contributed by atoms with van der Waals surface area (Å²) in [4.78, 5) is 15.0. The Morgan fingerprint density at radius 3 is 2.72 bits per heavy atom. The van der Waals surface area contributed by atoms with Crippen molar-refractivity contribution in [3.05, 3.63) is 70.9 Å². The number of H-pyrrole nitrogens is 1. The van der Waals surface area contributed by atoms with Gasteiger partial charge in [0.2, 0.25) is 0 Å². The van der Waals surface area contributed by atoms with Crippen molar-refractivity contribution in [1.29, 1.82) is 0 Å². The van der Waals surface area contributed by atoms with Crippen LogP contribution >= 0.6 is 11.6 Å². The van der Waals surface area contributed by atoms with Crippen molar-refractivity contribution in [2.24, 2.45) is 0 Å². The summed E-state index contributed by atoms with van der Waals surface area (Å²) in [6, 6.07) is 12.8. The van der Waals surface area contributed by atoms with Crippen LogP contribution in [0, 0.1) is 5.82 Å². The Hall–Kier alpha value is -2.50. The number of benzene rings is 2. The van der Waals surface area contributed by atoms with Gasteiger partial charge in [-0.05, 0) is 86.8 Å². The molecule has 4 aromatic rings. The highest BCUT2D eigenvalue weighted by molar-refractivity contribution is 6.31. The van der Waals surface area contributed by atoms with Gasteiger partial charge in [-0.1, -0.05) is 11.6 Å². The maximum Gasteiger partial charge on any atom is 0.124 e. The topological polar surface area (TPSA) is 44.8 Å². The highest BCUT2D eigenvalue weighted by Gasteiger charge is 2.27. The molecule has 1 saturated heterocycles. The fourth-order valence-electron chi connectivity index (χ4n) is 4.47. The first kappa shape index (κ1) is 18.5. The largest absolute Gasteiger partial charge is 0.341 e. The average Bonchev–Trinajstić information content (AvgIpc) is 3.16. The number of piperidine rings is 1. The quantitative estimate of drug-likeness (QED) is 0.462. The molecule has 6 heteroatoms. The monoisotopic (exact) mass is 408 g/mol. The van der Waals surface area contributed by atoms with Gasteiger partial charge in [-0.15, -0.1) is 0 Å². The Bertz CT molecular complexity index is 1180. The molecule has 1 fully saturated rings.